The van der Waals surface area contributed by atoms with E-state index in [1.54, 1.807) is 14.2 Å². The molecule has 39 heavy (non-hydrogen) atoms. The number of nitrogens with two attached hydrogens (primary N) is 1. The number of carbonyl (C=O) groups is 1. The van der Waals surface area contributed by atoms with E-state index < -0.39 is 7.37 Å². The molecule has 1 aliphatic carbocycles. The van der Waals surface area contributed by atoms with E-state index in [0.717, 1.165) is 56.4 Å². The second-order valence-corrected chi connectivity index (χ2v) is 13.4. The topological polar surface area (TPSA) is 102 Å². The molecule has 0 amide bonds. The molecule has 1 aliphatic heterocycles. The van der Waals surface area contributed by atoms with Crippen molar-refractivity contribution in [2.45, 2.75) is 58.4 Å². The van der Waals surface area contributed by atoms with Gasteiger partial charge in [0.2, 0.25) is 7.37 Å². The fourth-order valence-electron chi connectivity index (χ4n) is 5.57. The summed E-state index contributed by atoms with van der Waals surface area (Å²) in [6, 6.07) is 14.5. The summed E-state index contributed by atoms with van der Waals surface area (Å²) in [6.07, 6.45) is 7.53. The second kappa shape index (κ2) is 15.6. The summed E-state index contributed by atoms with van der Waals surface area (Å²) < 4.78 is 22.0. The van der Waals surface area contributed by atoms with Crippen molar-refractivity contribution >= 4 is 13.2 Å². The molecule has 4 rings (SSSR count). The van der Waals surface area contributed by atoms with Gasteiger partial charge in [-0.25, -0.2) is 0 Å². The molecule has 7 nitrogen and oxygen atoms in total. The number of benzene rings is 2. The largest absolute Gasteiger partial charge is 0.493 e. The summed E-state index contributed by atoms with van der Waals surface area (Å²) in [5.74, 6) is 2.38. The molecule has 2 atom stereocenters. The van der Waals surface area contributed by atoms with Crippen LogP contribution in [-0.2, 0) is 17.5 Å². The fraction of sp³-hybridized carbons (Fsp3) is 0.581. The predicted octanol–water partition coefficient (Wildman–Crippen LogP) is 5.77. The Hall–Kier alpha value is -2.18. The summed E-state index contributed by atoms with van der Waals surface area (Å²) in [5.41, 5.74) is 8.54. The SMILES string of the molecule is CCCCP(=O)(O)CCCN.COc1cc2c(cc1OC)C(=O)C(CC1CCN(Cc3ccccc3)CC1)C2. The van der Waals surface area contributed by atoms with Gasteiger partial charge in [0, 0.05) is 30.3 Å². The van der Waals surface area contributed by atoms with Crippen molar-refractivity contribution in [2.75, 3.05) is 46.2 Å². The quantitative estimate of drug-likeness (QED) is 0.319. The smallest absolute Gasteiger partial charge is 0.200 e. The molecule has 2 aromatic carbocycles. The van der Waals surface area contributed by atoms with Gasteiger partial charge in [0.1, 0.15) is 0 Å². The van der Waals surface area contributed by atoms with Crippen LogP contribution in [0.5, 0.6) is 11.5 Å². The number of likely N-dealkylation sites (tertiary alicyclic amines) is 1. The molecule has 1 fully saturated rings. The lowest BCUT2D eigenvalue weighted by atomic mass is 9.85. The first-order valence-electron chi connectivity index (χ1n) is 14.4. The zero-order valence-electron chi connectivity index (χ0n) is 23.9. The van der Waals surface area contributed by atoms with Gasteiger partial charge < -0.3 is 20.1 Å². The van der Waals surface area contributed by atoms with Crippen LogP contribution in [0.25, 0.3) is 0 Å². The summed E-state index contributed by atoms with van der Waals surface area (Å²) in [7, 11) is 0.450. The first-order chi connectivity index (χ1) is 18.8. The molecule has 1 heterocycles. The first kappa shape index (κ1) is 31.3. The number of nitrogens with zero attached hydrogens (tertiary/aromatic N) is 1. The van der Waals surface area contributed by atoms with Crippen molar-refractivity contribution < 1.29 is 23.7 Å². The third-order valence-corrected chi connectivity index (χ3v) is 9.89. The Labute approximate surface area is 234 Å². The lowest BCUT2D eigenvalue weighted by Gasteiger charge is -2.32. The number of ketones is 1. The lowest BCUT2D eigenvalue weighted by Crippen LogP contribution is -2.34. The standard InChI is InChI=1S/C24H29NO3.C7H18NO2P/c1-27-22-14-19-13-20(24(26)21(19)15-23(22)28-2)12-17-8-10-25(11-9-17)16-18-6-4-3-5-7-18;1-2-3-6-11(9,10)7-4-5-8/h3-7,14-15,17,20H,8-13,16H2,1-2H3;2-8H2,1H3,(H,9,10). The fourth-order valence-corrected chi connectivity index (χ4v) is 7.28. The average molecular weight is 559 g/mol. The number of hydrogen-bond acceptors (Lipinski definition) is 6. The Morgan fingerprint density at radius 2 is 1.67 bits per heavy atom. The van der Waals surface area contributed by atoms with Crippen molar-refractivity contribution in [3.8, 4) is 11.5 Å². The molecule has 3 N–H and O–H groups in total. The molecule has 0 bridgehead atoms. The van der Waals surface area contributed by atoms with Crippen molar-refractivity contribution in [3.05, 3.63) is 59.2 Å². The van der Waals surface area contributed by atoms with Gasteiger partial charge in [0.05, 0.1) is 14.2 Å². The van der Waals surface area contributed by atoms with Gasteiger partial charge in [-0.05, 0) is 87.3 Å². The van der Waals surface area contributed by atoms with Crippen LogP contribution in [0.1, 0.15) is 66.9 Å². The van der Waals surface area contributed by atoms with Crippen molar-refractivity contribution in [1.29, 1.82) is 0 Å². The van der Waals surface area contributed by atoms with Gasteiger partial charge in [-0.15, -0.1) is 0 Å². The van der Waals surface area contributed by atoms with E-state index in [4.69, 9.17) is 15.2 Å². The number of carbonyl (C=O) groups excluding carboxylic acids is 1. The molecule has 0 radical (unpaired) electrons. The maximum absolute atomic E-state index is 12.9. The van der Waals surface area contributed by atoms with Crippen LogP contribution < -0.4 is 15.2 Å². The minimum Gasteiger partial charge on any atom is -0.493 e. The summed E-state index contributed by atoms with van der Waals surface area (Å²) >= 11 is 0. The molecule has 0 aromatic heterocycles. The zero-order chi connectivity index (χ0) is 28.3. The van der Waals surface area contributed by atoms with Gasteiger partial charge in [0.15, 0.2) is 17.3 Å². The van der Waals surface area contributed by atoms with Gasteiger partial charge in [-0.1, -0.05) is 43.7 Å². The molecule has 216 valence electrons. The first-order valence-corrected chi connectivity index (χ1v) is 16.4. The van der Waals surface area contributed by atoms with Gasteiger partial charge in [0.25, 0.3) is 0 Å². The number of rotatable bonds is 12. The van der Waals surface area contributed by atoms with Crippen LogP contribution in [0.15, 0.2) is 42.5 Å². The van der Waals surface area contributed by atoms with Crippen LogP contribution >= 0.6 is 7.37 Å². The molecule has 2 aliphatic rings. The Morgan fingerprint density at radius 1 is 1.03 bits per heavy atom. The predicted molar refractivity (Wildman–Crippen MR) is 158 cm³/mol. The van der Waals surface area contributed by atoms with E-state index >= 15 is 0 Å². The number of Topliss-reactive ketones (excluding diaryl/α,β-unsaturated/α-hetero) is 1. The molecule has 1 saturated heterocycles. The number of methoxy groups -OCH3 is 2. The number of unbranched alkanes of at least 4 members (excludes halogenated alkanes) is 1. The molecular weight excluding hydrogens is 511 g/mol. The second-order valence-electron chi connectivity index (χ2n) is 10.9. The highest BCUT2D eigenvalue weighted by atomic mass is 31.2. The highest BCUT2D eigenvalue weighted by Crippen LogP contribution is 2.42. The van der Waals surface area contributed by atoms with Crippen LogP contribution in [0.2, 0.25) is 0 Å². The van der Waals surface area contributed by atoms with E-state index in [0.29, 0.717) is 42.7 Å². The van der Waals surface area contributed by atoms with Crippen molar-refractivity contribution in [3.63, 3.8) is 0 Å². The van der Waals surface area contributed by atoms with Crippen molar-refractivity contribution in [2.24, 2.45) is 17.6 Å². The highest BCUT2D eigenvalue weighted by molar-refractivity contribution is 7.57. The highest BCUT2D eigenvalue weighted by Gasteiger charge is 2.34. The van der Waals surface area contributed by atoms with Crippen molar-refractivity contribution in [1.82, 2.24) is 4.90 Å². The van der Waals surface area contributed by atoms with Gasteiger partial charge in [-0.2, -0.15) is 0 Å². The number of hydrogen-bond donors (Lipinski definition) is 2. The van der Waals surface area contributed by atoms with E-state index in [1.807, 2.05) is 19.1 Å². The molecular formula is C31H47N2O5P. The van der Waals surface area contributed by atoms with Crippen LogP contribution in [0.3, 0.4) is 0 Å². The Morgan fingerprint density at radius 3 is 2.28 bits per heavy atom. The monoisotopic (exact) mass is 558 g/mol. The van der Waals surface area contributed by atoms with Crippen LogP contribution in [0.4, 0.5) is 0 Å². The minimum atomic E-state index is -2.81. The lowest BCUT2D eigenvalue weighted by molar-refractivity contribution is 0.0895. The van der Waals surface area contributed by atoms with E-state index in [2.05, 4.69) is 35.2 Å². The average Bonchev–Trinajstić information content (AvgIpc) is 3.25. The third kappa shape index (κ3) is 9.46. The maximum Gasteiger partial charge on any atom is 0.200 e. The third-order valence-electron chi connectivity index (χ3n) is 7.86. The number of piperidine rings is 1. The Balaban J connectivity index is 0.000000325. The van der Waals surface area contributed by atoms with E-state index in [9.17, 15) is 14.3 Å². The number of ether oxygens (including phenoxy) is 2. The summed E-state index contributed by atoms with van der Waals surface area (Å²) in [4.78, 5) is 24.7. The summed E-state index contributed by atoms with van der Waals surface area (Å²) in [5, 5.41) is 0. The van der Waals surface area contributed by atoms with Crippen LogP contribution in [-0.4, -0.2) is 61.8 Å². The molecule has 8 heteroatoms. The molecule has 2 unspecified atom stereocenters. The van der Waals surface area contributed by atoms with E-state index in [1.165, 1.54) is 18.4 Å². The number of fused-ring (bicyclic) bond motifs is 1. The van der Waals surface area contributed by atoms with E-state index in [-0.39, 0.29) is 11.7 Å². The zero-order valence-corrected chi connectivity index (χ0v) is 24.8. The van der Waals surface area contributed by atoms with Gasteiger partial charge >= 0.3 is 0 Å². The summed E-state index contributed by atoms with van der Waals surface area (Å²) in [6.45, 7) is 5.80. The van der Waals surface area contributed by atoms with Gasteiger partial charge in [-0.3, -0.25) is 14.3 Å². The maximum atomic E-state index is 12.9. The Kier molecular flexibility index (Phi) is 12.5. The molecule has 2 aromatic rings. The normalized spacial score (nSPS) is 19.1. The minimum absolute atomic E-state index is 0.109. The Bertz CT molecular complexity index is 1070. The van der Waals surface area contributed by atoms with Crippen LogP contribution in [0, 0.1) is 11.8 Å². The molecule has 0 saturated carbocycles. The molecule has 0 spiro atoms.